The van der Waals surface area contributed by atoms with Gasteiger partial charge in [-0.1, -0.05) is 34.1 Å². The van der Waals surface area contributed by atoms with Crippen molar-refractivity contribution in [3.63, 3.8) is 0 Å². The van der Waals surface area contributed by atoms with Crippen LogP contribution < -0.4 is 31.9 Å². The van der Waals surface area contributed by atoms with Crippen molar-refractivity contribution < 1.29 is 33.9 Å². The quantitative estimate of drug-likeness (QED) is 0.0733. The van der Waals surface area contributed by atoms with Gasteiger partial charge in [0.1, 0.15) is 17.9 Å². The van der Waals surface area contributed by atoms with Crippen LogP contribution in [0.15, 0.2) is 0 Å². The zero-order chi connectivity index (χ0) is 32.6. The Morgan fingerprint density at radius 1 is 0.698 bits per heavy atom. The van der Waals surface area contributed by atoms with Crippen LogP contribution in [0.3, 0.4) is 0 Å². The van der Waals surface area contributed by atoms with Crippen LogP contribution in [0, 0.1) is 5.92 Å². The van der Waals surface area contributed by atoms with E-state index in [-0.39, 0.29) is 42.5 Å². The van der Waals surface area contributed by atoms with Gasteiger partial charge in [0, 0.05) is 44.4 Å². The monoisotopic (exact) mass is 630 g/mol. The Bertz CT molecular complexity index is 872. The van der Waals surface area contributed by atoms with Crippen LogP contribution in [0.1, 0.15) is 85.5 Å². The average Bonchev–Trinajstić information content (AvgIpc) is 2.94. The second-order valence-corrected chi connectivity index (χ2v) is 12.0. The first-order valence-electron chi connectivity index (χ1n) is 15.2. The van der Waals surface area contributed by atoms with Crippen molar-refractivity contribution in [2.45, 2.75) is 104 Å². The van der Waals surface area contributed by atoms with Gasteiger partial charge in [-0.05, 0) is 50.5 Å². The van der Waals surface area contributed by atoms with Crippen molar-refractivity contribution in [2.75, 3.05) is 38.2 Å². The molecule has 248 valence electrons. The molecule has 0 aromatic carbocycles. The number of nitrogens with one attached hydrogen (secondary N) is 6. The molecular weight excluding hydrogens is 576 g/mol. The van der Waals surface area contributed by atoms with Gasteiger partial charge < -0.3 is 37.0 Å². The summed E-state index contributed by atoms with van der Waals surface area (Å²) in [5.41, 5.74) is 0. The normalized spacial score (nSPS) is 12.3. The zero-order valence-corrected chi connectivity index (χ0v) is 27.3. The summed E-state index contributed by atoms with van der Waals surface area (Å²) in [6.07, 6.45) is 6.62. The van der Waals surface area contributed by atoms with E-state index in [9.17, 15) is 33.9 Å². The van der Waals surface area contributed by atoms with Gasteiger partial charge in [-0.3, -0.25) is 19.2 Å². The molecule has 0 aliphatic carbocycles. The minimum absolute atomic E-state index is 0.0512. The Hall–Kier alpha value is -2.87. The number of aliphatic carboxylic acids is 1. The van der Waals surface area contributed by atoms with E-state index in [4.69, 9.17) is 0 Å². The molecule has 0 heterocycles. The molecule has 0 aliphatic rings. The van der Waals surface area contributed by atoms with Crippen molar-refractivity contribution in [2.24, 2.45) is 5.92 Å². The highest BCUT2D eigenvalue weighted by atomic mass is 32.2. The standard InChI is InChI=1S/C29H54N6O7S/c1-20(2)24(36)12-7-6-9-15-31-29(42)32-16-10-8-11-23(28(40)41)35-26(38)19-33-27(39)22(14-18-43-5)34-25(37)13-17-30-21(3)4/h20-23,30H,6-19H2,1-5H3,(H,33,39)(H,34,37)(H,35,38)(H,40,41)(H2,31,32,42). The van der Waals surface area contributed by atoms with E-state index in [0.29, 0.717) is 51.1 Å². The van der Waals surface area contributed by atoms with Crippen molar-refractivity contribution in [3.05, 3.63) is 0 Å². The Morgan fingerprint density at radius 2 is 1.33 bits per heavy atom. The first kappa shape index (κ1) is 40.1. The van der Waals surface area contributed by atoms with Crippen LogP contribution in [-0.4, -0.2) is 96.9 Å². The molecule has 13 nitrogen and oxygen atoms in total. The summed E-state index contributed by atoms with van der Waals surface area (Å²) in [5, 5.41) is 25.7. The van der Waals surface area contributed by atoms with Gasteiger partial charge in [0.05, 0.1) is 6.54 Å². The lowest BCUT2D eigenvalue weighted by atomic mass is 10.0. The molecule has 0 fully saturated rings. The molecule has 0 rings (SSSR count). The van der Waals surface area contributed by atoms with Gasteiger partial charge in [-0.25, -0.2) is 9.59 Å². The third-order valence-corrected chi connectivity index (χ3v) is 7.10. The number of Topliss-reactive ketones (excluding diaryl/α,β-unsaturated/α-hetero) is 1. The predicted octanol–water partition coefficient (Wildman–Crippen LogP) is 1.55. The van der Waals surface area contributed by atoms with E-state index in [2.05, 4.69) is 31.9 Å². The molecule has 0 aromatic heterocycles. The molecule has 14 heteroatoms. The number of thioether (sulfide) groups is 1. The van der Waals surface area contributed by atoms with Crippen molar-refractivity contribution in [1.29, 1.82) is 0 Å². The van der Waals surface area contributed by atoms with Crippen LogP contribution in [0.2, 0.25) is 0 Å². The van der Waals surface area contributed by atoms with Gasteiger partial charge in [0.2, 0.25) is 17.7 Å². The van der Waals surface area contributed by atoms with Crippen molar-refractivity contribution in [3.8, 4) is 0 Å². The summed E-state index contributed by atoms with van der Waals surface area (Å²) in [6.45, 7) is 8.63. The molecule has 5 amide bonds. The Morgan fingerprint density at radius 3 is 1.91 bits per heavy atom. The molecule has 43 heavy (non-hydrogen) atoms. The summed E-state index contributed by atoms with van der Waals surface area (Å²) in [7, 11) is 0. The minimum Gasteiger partial charge on any atom is -0.480 e. The highest BCUT2D eigenvalue weighted by Crippen LogP contribution is 2.06. The lowest BCUT2D eigenvalue weighted by Gasteiger charge is -2.19. The number of carboxylic acids is 1. The maximum Gasteiger partial charge on any atom is 0.326 e. The first-order valence-corrected chi connectivity index (χ1v) is 16.6. The molecule has 0 bridgehead atoms. The molecule has 0 spiro atoms. The Labute approximate surface area is 260 Å². The second kappa shape index (κ2) is 24.6. The van der Waals surface area contributed by atoms with Gasteiger partial charge in [0.25, 0.3) is 0 Å². The van der Waals surface area contributed by atoms with Crippen molar-refractivity contribution in [1.82, 2.24) is 31.9 Å². The number of carbonyl (C=O) groups is 6. The number of hydrogen-bond acceptors (Lipinski definition) is 8. The van der Waals surface area contributed by atoms with Crippen LogP contribution in [0.4, 0.5) is 4.79 Å². The fraction of sp³-hybridized carbons (Fsp3) is 0.793. The van der Waals surface area contributed by atoms with Gasteiger partial charge >= 0.3 is 12.0 Å². The SMILES string of the molecule is CSCCC(NC(=O)CCNC(C)C)C(=O)NCC(=O)NC(CCCCNC(=O)NCCCCCC(=O)C(C)C)C(=O)O. The van der Waals surface area contributed by atoms with Crippen LogP contribution in [-0.2, 0) is 24.0 Å². The highest BCUT2D eigenvalue weighted by Gasteiger charge is 2.23. The van der Waals surface area contributed by atoms with E-state index >= 15 is 0 Å². The zero-order valence-electron chi connectivity index (χ0n) is 26.5. The number of carboxylic acid groups (broad SMARTS) is 1. The molecule has 0 saturated carbocycles. The number of ketones is 1. The highest BCUT2D eigenvalue weighted by molar-refractivity contribution is 7.98. The van der Waals surface area contributed by atoms with Crippen molar-refractivity contribution >= 4 is 47.3 Å². The third kappa shape index (κ3) is 22.3. The summed E-state index contributed by atoms with van der Waals surface area (Å²) < 4.78 is 0. The lowest BCUT2D eigenvalue weighted by molar-refractivity contribution is -0.142. The minimum atomic E-state index is -1.19. The summed E-state index contributed by atoms with van der Waals surface area (Å²) in [4.78, 5) is 72.4. The van der Waals surface area contributed by atoms with Crippen LogP contribution >= 0.6 is 11.8 Å². The number of hydrogen-bond donors (Lipinski definition) is 7. The number of carbonyl (C=O) groups excluding carboxylic acids is 5. The second-order valence-electron chi connectivity index (χ2n) is 11.0. The number of rotatable bonds is 25. The molecule has 2 atom stereocenters. The van der Waals surface area contributed by atoms with E-state index in [0.717, 1.165) is 19.3 Å². The molecule has 0 aliphatic heterocycles. The molecule has 2 unspecified atom stereocenters. The molecule has 0 aromatic rings. The summed E-state index contributed by atoms with van der Waals surface area (Å²) >= 11 is 1.53. The van der Waals surface area contributed by atoms with Gasteiger partial charge in [-0.2, -0.15) is 11.8 Å². The van der Waals surface area contributed by atoms with E-state index in [1.807, 2.05) is 34.0 Å². The molecule has 0 saturated heterocycles. The smallest absolute Gasteiger partial charge is 0.326 e. The number of amides is 5. The fourth-order valence-electron chi connectivity index (χ4n) is 3.87. The number of unbranched alkanes of at least 4 members (excludes halogenated alkanes) is 3. The Balaban J connectivity index is 4.33. The van der Waals surface area contributed by atoms with E-state index in [1.165, 1.54) is 11.8 Å². The van der Waals surface area contributed by atoms with Crippen LogP contribution in [0.25, 0.3) is 0 Å². The maximum atomic E-state index is 12.6. The molecule has 0 radical (unpaired) electrons. The van der Waals surface area contributed by atoms with Gasteiger partial charge in [-0.15, -0.1) is 0 Å². The first-order chi connectivity index (χ1) is 20.4. The largest absolute Gasteiger partial charge is 0.480 e. The van der Waals surface area contributed by atoms with E-state index < -0.39 is 36.4 Å². The maximum absolute atomic E-state index is 12.6. The lowest BCUT2D eigenvalue weighted by Crippen LogP contribution is -2.51. The number of urea groups is 1. The molecule has 7 N–H and O–H groups in total. The van der Waals surface area contributed by atoms with E-state index in [1.54, 1.807) is 0 Å². The predicted molar refractivity (Wildman–Crippen MR) is 169 cm³/mol. The topological polar surface area (TPSA) is 195 Å². The van der Waals surface area contributed by atoms with Crippen LogP contribution in [0.5, 0.6) is 0 Å². The average molecular weight is 631 g/mol. The Kier molecular flexibility index (Phi) is 22.9. The fourth-order valence-corrected chi connectivity index (χ4v) is 4.34. The molecular formula is C29H54N6O7S. The summed E-state index contributed by atoms with van der Waals surface area (Å²) in [6, 6.07) is -2.01. The van der Waals surface area contributed by atoms with Gasteiger partial charge in [0.15, 0.2) is 0 Å². The summed E-state index contributed by atoms with van der Waals surface area (Å²) in [5.74, 6) is -1.69. The third-order valence-electron chi connectivity index (χ3n) is 6.46.